The van der Waals surface area contributed by atoms with E-state index in [1.807, 2.05) is 18.9 Å². The van der Waals surface area contributed by atoms with Crippen LogP contribution in [-0.4, -0.2) is 50.2 Å². The monoisotopic (exact) mass is 240 g/mol. The summed E-state index contributed by atoms with van der Waals surface area (Å²) in [6, 6.07) is 0. The normalized spacial score (nSPS) is 33.6. The molecule has 1 N–H and O–H groups in total. The molecule has 2 aliphatic heterocycles. The molecule has 0 bridgehead atoms. The van der Waals surface area contributed by atoms with Gasteiger partial charge in [-0.2, -0.15) is 0 Å². The molecule has 4 nitrogen and oxygen atoms in total. The van der Waals surface area contributed by atoms with Gasteiger partial charge in [0.05, 0.1) is 12.0 Å². The van der Waals surface area contributed by atoms with Gasteiger partial charge in [-0.15, -0.1) is 0 Å². The molecule has 0 aromatic carbocycles. The van der Waals surface area contributed by atoms with E-state index in [4.69, 9.17) is 4.74 Å². The summed E-state index contributed by atoms with van der Waals surface area (Å²) in [6.07, 6.45) is 3.44. The molecule has 0 radical (unpaired) electrons. The van der Waals surface area contributed by atoms with Crippen LogP contribution in [0.4, 0.5) is 0 Å². The molecule has 2 rings (SSSR count). The number of amides is 1. The predicted octanol–water partition coefficient (Wildman–Crippen LogP) is 0.869. The summed E-state index contributed by atoms with van der Waals surface area (Å²) < 4.78 is 5.47. The molecule has 2 aliphatic rings. The summed E-state index contributed by atoms with van der Waals surface area (Å²) >= 11 is 0. The summed E-state index contributed by atoms with van der Waals surface area (Å²) in [4.78, 5) is 14.2. The van der Waals surface area contributed by atoms with Crippen LogP contribution in [0.5, 0.6) is 0 Å². The van der Waals surface area contributed by atoms with Gasteiger partial charge in [-0.3, -0.25) is 4.79 Å². The van der Waals surface area contributed by atoms with Crippen LogP contribution in [0.2, 0.25) is 0 Å². The van der Waals surface area contributed by atoms with Gasteiger partial charge in [-0.05, 0) is 45.2 Å². The fraction of sp³-hybridized carbons (Fsp3) is 0.923. The molecule has 0 spiro atoms. The second-order valence-electron chi connectivity index (χ2n) is 5.40. The Balaban J connectivity index is 1.81. The standard InChI is InChI=1S/C13H24N2O2/c1-10-12(5-7-17-10)13(16)15(2)9-11-4-3-6-14-8-11/h10-12,14H,3-9H2,1-2H3. The maximum atomic E-state index is 12.3. The number of rotatable bonds is 3. The maximum Gasteiger partial charge on any atom is 0.228 e. The lowest BCUT2D eigenvalue weighted by atomic mass is 9.97. The number of carbonyl (C=O) groups is 1. The quantitative estimate of drug-likeness (QED) is 0.796. The second kappa shape index (κ2) is 5.83. The Labute approximate surface area is 104 Å². The Morgan fingerprint density at radius 1 is 1.47 bits per heavy atom. The number of carbonyl (C=O) groups excluding carboxylic acids is 1. The van der Waals surface area contributed by atoms with Gasteiger partial charge in [0.25, 0.3) is 0 Å². The molecular weight excluding hydrogens is 216 g/mol. The lowest BCUT2D eigenvalue weighted by Gasteiger charge is -2.29. The molecular formula is C13H24N2O2. The molecule has 4 heteroatoms. The van der Waals surface area contributed by atoms with Crippen molar-refractivity contribution in [1.82, 2.24) is 10.2 Å². The van der Waals surface area contributed by atoms with Gasteiger partial charge < -0.3 is 15.0 Å². The fourth-order valence-corrected chi connectivity index (χ4v) is 2.90. The van der Waals surface area contributed by atoms with Crippen LogP contribution < -0.4 is 5.32 Å². The largest absolute Gasteiger partial charge is 0.378 e. The smallest absolute Gasteiger partial charge is 0.228 e. The minimum Gasteiger partial charge on any atom is -0.378 e. The zero-order valence-corrected chi connectivity index (χ0v) is 10.9. The molecule has 98 valence electrons. The highest BCUT2D eigenvalue weighted by atomic mass is 16.5. The van der Waals surface area contributed by atoms with Crippen molar-refractivity contribution in [3.63, 3.8) is 0 Å². The van der Waals surface area contributed by atoms with Crippen molar-refractivity contribution >= 4 is 5.91 Å². The Morgan fingerprint density at radius 3 is 2.88 bits per heavy atom. The van der Waals surface area contributed by atoms with E-state index in [2.05, 4.69) is 5.32 Å². The summed E-state index contributed by atoms with van der Waals surface area (Å²) in [5, 5.41) is 3.39. The summed E-state index contributed by atoms with van der Waals surface area (Å²) in [6.45, 7) is 5.80. The number of hydrogen-bond donors (Lipinski definition) is 1. The minimum atomic E-state index is 0.0801. The van der Waals surface area contributed by atoms with Gasteiger partial charge >= 0.3 is 0 Å². The van der Waals surface area contributed by atoms with Gasteiger partial charge in [-0.25, -0.2) is 0 Å². The third-order valence-corrected chi connectivity index (χ3v) is 4.00. The Kier molecular flexibility index (Phi) is 4.40. The first kappa shape index (κ1) is 12.8. The number of hydrogen-bond acceptors (Lipinski definition) is 3. The van der Waals surface area contributed by atoms with Crippen LogP contribution in [0.1, 0.15) is 26.2 Å². The average molecular weight is 240 g/mol. The second-order valence-corrected chi connectivity index (χ2v) is 5.40. The highest BCUT2D eigenvalue weighted by molar-refractivity contribution is 5.79. The van der Waals surface area contributed by atoms with E-state index < -0.39 is 0 Å². The van der Waals surface area contributed by atoms with E-state index in [0.29, 0.717) is 5.92 Å². The topological polar surface area (TPSA) is 41.6 Å². The minimum absolute atomic E-state index is 0.0801. The van der Waals surface area contributed by atoms with Crippen molar-refractivity contribution in [1.29, 1.82) is 0 Å². The molecule has 2 heterocycles. The lowest BCUT2D eigenvalue weighted by Crippen LogP contribution is -2.42. The zero-order valence-electron chi connectivity index (χ0n) is 10.9. The van der Waals surface area contributed by atoms with Gasteiger partial charge in [0.2, 0.25) is 5.91 Å². The Hall–Kier alpha value is -0.610. The molecule has 17 heavy (non-hydrogen) atoms. The van der Waals surface area contributed by atoms with Crippen molar-refractivity contribution in [2.24, 2.45) is 11.8 Å². The molecule has 3 atom stereocenters. The van der Waals surface area contributed by atoms with Crippen molar-refractivity contribution in [3.8, 4) is 0 Å². The van der Waals surface area contributed by atoms with Crippen LogP contribution >= 0.6 is 0 Å². The van der Waals surface area contributed by atoms with Crippen LogP contribution in [0.3, 0.4) is 0 Å². The van der Waals surface area contributed by atoms with Gasteiger partial charge in [0, 0.05) is 20.2 Å². The van der Waals surface area contributed by atoms with E-state index in [1.165, 1.54) is 12.8 Å². The van der Waals surface area contributed by atoms with Crippen LogP contribution in [-0.2, 0) is 9.53 Å². The molecule has 0 aliphatic carbocycles. The van der Waals surface area contributed by atoms with Gasteiger partial charge in [-0.1, -0.05) is 0 Å². The number of nitrogens with zero attached hydrogens (tertiary/aromatic N) is 1. The average Bonchev–Trinajstić information content (AvgIpc) is 2.76. The number of ether oxygens (including phenoxy) is 1. The highest BCUT2D eigenvalue weighted by Gasteiger charge is 2.33. The molecule has 0 saturated carbocycles. The molecule has 1 amide bonds. The molecule has 0 aromatic heterocycles. The predicted molar refractivity (Wildman–Crippen MR) is 66.8 cm³/mol. The van der Waals surface area contributed by atoms with E-state index in [-0.39, 0.29) is 17.9 Å². The van der Waals surface area contributed by atoms with E-state index in [9.17, 15) is 4.79 Å². The molecule has 0 aromatic rings. The fourth-order valence-electron chi connectivity index (χ4n) is 2.90. The van der Waals surface area contributed by atoms with Gasteiger partial charge in [0.1, 0.15) is 0 Å². The van der Waals surface area contributed by atoms with E-state index in [1.54, 1.807) is 0 Å². The summed E-state index contributed by atoms with van der Waals surface area (Å²) in [5.41, 5.74) is 0. The first-order valence-electron chi connectivity index (χ1n) is 6.76. The Morgan fingerprint density at radius 2 is 2.29 bits per heavy atom. The van der Waals surface area contributed by atoms with Crippen molar-refractivity contribution in [2.45, 2.75) is 32.3 Å². The third kappa shape index (κ3) is 3.19. The summed E-state index contributed by atoms with van der Waals surface area (Å²) in [7, 11) is 1.93. The lowest BCUT2D eigenvalue weighted by molar-refractivity contribution is -0.136. The number of piperidine rings is 1. The first-order chi connectivity index (χ1) is 8.18. The van der Waals surface area contributed by atoms with Crippen molar-refractivity contribution < 1.29 is 9.53 Å². The van der Waals surface area contributed by atoms with Crippen LogP contribution in [0.15, 0.2) is 0 Å². The molecule has 3 unspecified atom stereocenters. The van der Waals surface area contributed by atoms with Crippen LogP contribution in [0, 0.1) is 11.8 Å². The van der Waals surface area contributed by atoms with Crippen LogP contribution in [0.25, 0.3) is 0 Å². The third-order valence-electron chi connectivity index (χ3n) is 4.00. The van der Waals surface area contributed by atoms with Crippen molar-refractivity contribution in [3.05, 3.63) is 0 Å². The van der Waals surface area contributed by atoms with Gasteiger partial charge in [0.15, 0.2) is 0 Å². The molecule has 2 saturated heterocycles. The Bertz CT molecular complexity index is 264. The zero-order chi connectivity index (χ0) is 12.3. The van der Waals surface area contributed by atoms with Crippen molar-refractivity contribution in [2.75, 3.05) is 33.3 Å². The molecule has 2 fully saturated rings. The highest BCUT2D eigenvalue weighted by Crippen LogP contribution is 2.23. The van der Waals surface area contributed by atoms with E-state index in [0.717, 1.165) is 32.7 Å². The maximum absolute atomic E-state index is 12.3. The first-order valence-corrected chi connectivity index (χ1v) is 6.76. The van der Waals surface area contributed by atoms with E-state index >= 15 is 0 Å². The number of nitrogens with one attached hydrogen (secondary N) is 1. The SMILES string of the molecule is CC1OCCC1C(=O)N(C)CC1CCCNC1. The summed E-state index contributed by atoms with van der Waals surface area (Å²) in [5.74, 6) is 0.965.